The summed E-state index contributed by atoms with van der Waals surface area (Å²) in [5, 5.41) is 3.78. The summed E-state index contributed by atoms with van der Waals surface area (Å²) >= 11 is 1.32. The minimum absolute atomic E-state index is 0.0401. The number of pyridine rings is 1. The highest BCUT2D eigenvalue weighted by molar-refractivity contribution is 8.00. The summed E-state index contributed by atoms with van der Waals surface area (Å²) in [6.07, 6.45) is 11.5. The Labute approximate surface area is 192 Å². The Morgan fingerprint density at radius 3 is 2.88 bits per heavy atom. The van der Waals surface area contributed by atoms with Gasteiger partial charge in [0, 0.05) is 18.9 Å². The van der Waals surface area contributed by atoms with Crippen LogP contribution < -0.4 is 10.9 Å². The molecule has 0 fully saturated rings. The van der Waals surface area contributed by atoms with E-state index in [1.54, 1.807) is 23.0 Å². The Hall–Kier alpha value is -2.93. The van der Waals surface area contributed by atoms with Crippen molar-refractivity contribution in [2.75, 3.05) is 6.54 Å². The predicted molar refractivity (Wildman–Crippen MR) is 129 cm³/mol. The maximum atomic E-state index is 13.2. The molecule has 0 saturated carbocycles. The van der Waals surface area contributed by atoms with E-state index >= 15 is 0 Å². The maximum Gasteiger partial charge on any atom is 0.262 e. The minimum Gasteiger partial charge on any atom is -0.355 e. The lowest BCUT2D eigenvalue weighted by Crippen LogP contribution is -2.33. The molecule has 1 aliphatic carbocycles. The number of carbonyl (C=O) groups excluding carboxylic acids is 1. The zero-order valence-corrected chi connectivity index (χ0v) is 19.1. The summed E-state index contributed by atoms with van der Waals surface area (Å²) in [5.41, 5.74) is 2.88. The third-order valence-electron chi connectivity index (χ3n) is 5.67. The molecule has 0 aliphatic heterocycles. The number of carbonyl (C=O) groups is 1. The molecule has 1 aliphatic rings. The second-order valence-electron chi connectivity index (χ2n) is 8.07. The predicted octanol–water partition coefficient (Wildman–Crippen LogP) is 4.33. The van der Waals surface area contributed by atoms with Crippen LogP contribution in [0.5, 0.6) is 0 Å². The normalized spacial score (nSPS) is 14.7. The standard InChI is InChI=1S/C25H28N4O2S/c1-18(23(30)27-15-13-19-8-3-2-4-9-19)32-25-28-22-12-6-5-11-21(22)24(31)29(25)17-20-10-7-14-26-16-20/h5-8,10-12,14,16,18H,2-4,9,13,15,17H2,1H3,(H,27,30). The van der Waals surface area contributed by atoms with E-state index in [0.717, 1.165) is 24.8 Å². The lowest BCUT2D eigenvalue weighted by molar-refractivity contribution is -0.120. The summed E-state index contributed by atoms with van der Waals surface area (Å²) in [7, 11) is 0. The molecule has 0 bridgehead atoms. The molecule has 1 unspecified atom stereocenters. The fourth-order valence-corrected chi connectivity index (χ4v) is 4.82. The van der Waals surface area contributed by atoms with E-state index in [2.05, 4.69) is 16.4 Å². The van der Waals surface area contributed by atoms with Crippen molar-refractivity contribution in [3.05, 3.63) is 76.4 Å². The topological polar surface area (TPSA) is 76.9 Å². The largest absolute Gasteiger partial charge is 0.355 e. The van der Waals surface area contributed by atoms with Gasteiger partial charge in [-0.05, 0) is 62.8 Å². The molecule has 166 valence electrons. The fraction of sp³-hybridized carbons (Fsp3) is 0.360. The van der Waals surface area contributed by atoms with Gasteiger partial charge in [0.1, 0.15) is 0 Å². The number of rotatable bonds is 8. The summed E-state index contributed by atoms with van der Waals surface area (Å²) in [6.45, 7) is 2.86. The van der Waals surface area contributed by atoms with Crippen molar-refractivity contribution >= 4 is 28.6 Å². The zero-order chi connectivity index (χ0) is 22.3. The van der Waals surface area contributed by atoms with E-state index in [1.807, 2.05) is 37.3 Å². The Morgan fingerprint density at radius 2 is 2.09 bits per heavy atom. The molecular weight excluding hydrogens is 420 g/mol. The maximum absolute atomic E-state index is 13.2. The van der Waals surface area contributed by atoms with Crippen LogP contribution in [0.15, 0.2) is 70.4 Å². The Kier molecular flexibility index (Phi) is 7.37. The number of hydrogen-bond donors (Lipinski definition) is 1. The lowest BCUT2D eigenvalue weighted by atomic mass is 9.97. The summed E-state index contributed by atoms with van der Waals surface area (Å²) < 4.78 is 1.64. The van der Waals surface area contributed by atoms with Crippen molar-refractivity contribution in [1.29, 1.82) is 0 Å². The molecule has 1 N–H and O–H groups in total. The summed E-state index contributed by atoms with van der Waals surface area (Å²) in [5.74, 6) is -0.0401. The average molecular weight is 449 g/mol. The molecule has 1 amide bonds. The highest BCUT2D eigenvalue weighted by Crippen LogP contribution is 2.24. The van der Waals surface area contributed by atoms with Crippen molar-refractivity contribution in [3.63, 3.8) is 0 Å². The number of benzene rings is 1. The Balaban J connectivity index is 1.51. The molecule has 2 aromatic heterocycles. The number of hydrogen-bond acceptors (Lipinski definition) is 5. The summed E-state index contributed by atoms with van der Waals surface area (Å²) in [6, 6.07) is 11.1. The number of amides is 1. The van der Waals surface area contributed by atoms with E-state index in [9.17, 15) is 9.59 Å². The molecule has 0 radical (unpaired) electrons. The molecule has 0 saturated heterocycles. The first kappa shape index (κ1) is 22.3. The zero-order valence-electron chi connectivity index (χ0n) is 18.3. The van der Waals surface area contributed by atoms with Crippen LogP contribution in [-0.4, -0.2) is 32.2 Å². The molecule has 7 heteroatoms. The number of allylic oxidation sites excluding steroid dienone is 1. The first-order valence-corrected chi connectivity index (χ1v) is 12.0. The van der Waals surface area contributed by atoms with Crippen molar-refractivity contribution < 1.29 is 4.79 Å². The number of thioether (sulfide) groups is 1. The van der Waals surface area contributed by atoms with Gasteiger partial charge in [-0.25, -0.2) is 4.98 Å². The van der Waals surface area contributed by atoms with E-state index < -0.39 is 0 Å². The van der Waals surface area contributed by atoms with Crippen LogP contribution in [0, 0.1) is 0 Å². The Morgan fingerprint density at radius 1 is 1.22 bits per heavy atom. The van der Waals surface area contributed by atoms with Gasteiger partial charge in [0.25, 0.3) is 5.56 Å². The van der Waals surface area contributed by atoms with Crippen LogP contribution >= 0.6 is 11.8 Å². The first-order valence-electron chi connectivity index (χ1n) is 11.1. The average Bonchev–Trinajstić information content (AvgIpc) is 2.83. The highest BCUT2D eigenvalue weighted by atomic mass is 32.2. The van der Waals surface area contributed by atoms with Crippen LogP contribution in [0.25, 0.3) is 10.9 Å². The van der Waals surface area contributed by atoms with Crippen molar-refractivity contribution in [1.82, 2.24) is 19.9 Å². The SMILES string of the molecule is CC(Sc1nc2ccccc2c(=O)n1Cc1cccnc1)C(=O)NCCC1=CCCCC1. The second-order valence-corrected chi connectivity index (χ2v) is 9.38. The molecule has 3 aromatic rings. The number of nitrogens with one attached hydrogen (secondary N) is 1. The van der Waals surface area contributed by atoms with Gasteiger partial charge >= 0.3 is 0 Å². The third kappa shape index (κ3) is 5.46. The van der Waals surface area contributed by atoms with Gasteiger partial charge in [0.2, 0.25) is 5.91 Å². The molecule has 0 spiro atoms. The molecule has 32 heavy (non-hydrogen) atoms. The Bertz CT molecular complexity index is 1170. The lowest BCUT2D eigenvalue weighted by Gasteiger charge is -2.17. The minimum atomic E-state index is -0.372. The molecule has 1 aromatic carbocycles. The van der Waals surface area contributed by atoms with Gasteiger partial charge in [-0.3, -0.25) is 19.1 Å². The highest BCUT2D eigenvalue weighted by Gasteiger charge is 2.19. The van der Waals surface area contributed by atoms with Crippen molar-refractivity contribution in [2.45, 2.75) is 56.0 Å². The number of para-hydroxylation sites is 1. The number of aromatic nitrogens is 3. The molecule has 2 heterocycles. The van der Waals surface area contributed by atoms with Gasteiger partial charge in [0.15, 0.2) is 5.16 Å². The third-order valence-corrected chi connectivity index (χ3v) is 6.76. The van der Waals surface area contributed by atoms with Gasteiger partial charge in [-0.15, -0.1) is 0 Å². The van der Waals surface area contributed by atoms with E-state index in [0.29, 0.717) is 29.1 Å². The van der Waals surface area contributed by atoms with Gasteiger partial charge in [-0.1, -0.05) is 41.6 Å². The van der Waals surface area contributed by atoms with Crippen LogP contribution in [0.4, 0.5) is 0 Å². The molecule has 1 atom stereocenters. The molecular formula is C25H28N4O2S. The van der Waals surface area contributed by atoms with Gasteiger partial charge < -0.3 is 5.32 Å². The summed E-state index contributed by atoms with van der Waals surface area (Å²) in [4.78, 5) is 34.8. The van der Waals surface area contributed by atoms with Crippen LogP contribution in [0.1, 0.15) is 44.6 Å². The van der Waals surface area contributed by atoms with Gasteiger partial charge in [0.05, 0.1) is 22.7 Å². The van der Waals surface area contributed by atoms with Crippen LogP contribution in [0.3, 0.4) is 0 Å². The van der Waals surface area contributed by atoms with Gasteiger partial charge in [-0.2, -0.15) is 0 Å². The van der Waals surface area contributed by atoms with Crippen molar-refractivity contribution in [3.8, 4) is 0 Å². The number of nitrogens with zero attached hydrogens (tertiary/aromatic N) is 3. The van der Waals surface area contributed by atoms with E-state index in [4.69, 9.17) is 4.98 Å². The fourth-order valence-electron chi connectivity index (χ4n) is 3.88. The van der Waals surface area contributed by atoms with Crippen molar-refractivity contribution in [2.24, 2.45) is 0 Å². The monoisotopic (exact) mass is 448 g/mol. The first-order chi connectivity index (χ1) is 15.6. The molecule has 6 nitrogen and oxygen atoms in total. The second kappa shape index (κ2) is 10.6. The smallest absolute Gasteiger partial charge is 0.262 e. The van der Waals surface area contributed by atoms with E-state index in [1.165, 1.54) is 30.2 Å². The molecule has 4 rings (SSSR count). The van der Waals surface area contributed by atoms with E-state index in [-0.39, 0.29) is 16.7 Å². The quantitative estimate of drug-likeness (QED) is 0.315. The van der Waals surface area contributed by atoms with Crippen LogP contribution in [0.2, 0.25) is 0 Å². The van der Waals surface area contributed by atoms with Crippen LogP contribution in [-0.2, 0) is 11.3 Å². The number of fused-ring (bicyclic) bond motifs is 1.